The van der Waals surface area contributed by atoms with E-state index in [9.17, 15) is 14.7 Å². The minimum atomic E-state index is -1.95. The van der Waals surface area contributed by atoms with E-state index in [4.69, 9.17) is 0 Å². The molecule has 0 aromatic heterocycles. The Bertz CT molecular complexity index is 624. The summed E-state index contributed by atoms with van der Waals surface area (Å²) in [6.07, 6.45) is 0.499. The molecular formula is C15H18N2O3. The quantitative estimate of drug-likeness (QED) is 0.659. The van der Waals surface area contributed by atoms with Gasteiger partial charge in [0.15, 0.2) is 0 Å². The second-order valence-electron chi connectivity index (χ2n) is 6.12. The Labute approximate surface area is 117 Å². The van der Waals surface area contributed by atoms with Gasteiger partial charge < -0.3 is 15.7 Å². The van der Waals surface area contributed by atoms with Crippen molar-refractivity contribution < 1.29 is 14.7 Å². The number of benzene rings is 1. The molecule has 106 valence electrons. The van der Waals surface area contributed by atoms with E-state index in [1.54, 1.807) is 13.1 Å². The lowest BCUT2D eigenvalue weighted by molar-refractivity contribution is -0.133. The smallest absolute Gasteiger partial charge is 0.260 e. The summed E-state index contributed by atoms with van der Waals surface area (Å²) in [5, 5.41) is 16.5. The lowest BCUT2D eigenvalue weighted by Gasteiger charge is -2.37. The lowest BCUT2D eigenvalue weighted by atomic mass is 9.67. The van der Waals surface area contributed by atoms with Gasteiger partial charge in [-0.05, 0) is 31.9 Å². The van der Waals surface area contributed by atoms with E-state index in [2.05, 4.69) is 10.6 Å². The third-order valence-corrected chi connectivity index (χ3v) is 4.57. The molecule has 2 atom stereocenters. The maximum Gasteiger partial charge on any atom is 0.260 e. The fourth-order valence-electron chi connectivity index (χ4n) is 3.48. The fraction of sp³-hybridized carbons (Fsp3) is 0.467. The van der Waals surface area contributed by atoms with E-state index < -0.39 is 28.7 Å². The van der Waals surface area contributed by atoms with E-state index in [0.717, 1.165) is 5.56 Å². The van der Waals surface area contributed by atoms with Crippen molar-refractivity contribution in [1.29, 1.82) is 0 Å². The van der Waals surface area contributed by atoms with Crippen molar-refractivity contribution >= 4 is 17.4 Å². The Morgan fingerprint density at radius 1 is 1.35 bits per heavy atom. The number of aliphatic hydroxyl groups is 1. The molecule has 1 aliphatic carbocycles. The number of amides is 1. The maximum atomic E-state index is 12.7. The molecule has 1 saturated heterocycles. The van der Waals surface area contributed by atoms with Crippen LogP contribution in [-0.2, 0) is 11.2 Å². The monoisotopic (exact) mass is 274 g/mol. The molecule has 0 saturated carbocycles. The third-order valence-electron chi connectivity index (χ3n) is 4.57. The Morgan fingerprint density at radius 3 is 2.70 bits per heavy atom. The van der Waals surface area contributed by atoms with Crippen LogP contribution in [0.1, 0.15) is 29.8 Å². The molecule has 1 amide bonds. The van der Waals surface area contributed by atoms with E-state index in [1.807, 2.05) is 26.0 Å². The van der Waals surface area contributed by atoms with Crippen molar-refractivity contribution in [2.45, 2.75) is 31.4 Å². The summed E-state index contributed by atoms with van der Waals surface area (Å²) in [5.41, 5.74) is -0.599. The molecule has 0 unspecified atom stereocenters. The molecular weight excluding hydrogens is 256 g/mol. The molecule has 2 aliphatic rings. The van der Waals surface area contributed by atoms with Crippen LogP contribution in [0.3, 0.4) is 0 Å². The average Bonchev–Trinajstić information content (AvgIpc) is 2.58. The van der Waals surface area contributed by atoms with Gasteiger partial charge in [-0.25, -0.2) is 0 Å². The Kier molecular flexibility index (Phi) is 2.51. The molecule has 0 bridgehead atoms. The van der Waals surface area contributed by atoms with E-state index in [1.165, 1.54) is 0 Å². The molecule has 3 rings (SSSR count). The van der Waals surface area contributed by atoms with Crippen molar-refractivity contribution in [2.75, 3.05) is 12.4 Å². The van der Waals surface area contributed by atoms with Crippen LogP contribution in [-0.4, -0.2) is 35.0 Å². The van der Waals surface area contributed by atoms with Crippen LogP contribution in [0.2, 0.25) is 0 Å². The second kappa shape index (κ2) is 3.82. The zero-order valence-electron chi connectivity index (χ0n) is 11.8. The largest absolute Gasteiger partial charge is 0.388 e. The molecule has 3 N–H and O–H groups in total. The number of hydrogen-bond acceptors (Lipinski definition) is 4. The van der Waals surface area contributed by atoms with Crippen LogP contribution in [0.4, 0.5) is 5.69 Å². The number of carbonyl (C=O) groups is 2. The Hall–Kier alpha value is -1.88. The molecule has 1 aromatic carbocycles. The highest BCUT2D eigenvalue weighted by molar-refractivity contribution is 6.21. The van der Waals surface area contributed by atoms with Crippen LogP contribution in [0, 0.1) is 5.92 Å². The van der Waals surface area contributed by atoms with Gasteiger partial charge in [-0.2, -0.15) is 0 Å². The normalized spacial score (nSPS) is 30.5. The first-order valence-corrected chi connectivity index (χ1v) is 6.72. The molecule has 20 heavy (non-hydrogen) atoms. The van der Waals surface area contributed by atoms with Gasteiger partial charge in [0.05, 0.1) is 0 Å². The minimum Gasteiger partial charge on any atom is -0.388 e. The summed E-state index contributed by atoms with van der Waals surface area (Å²) in [5.74, 6) is -1.54. The van der Waals surface area contributed by atoms with E-state index >= 15 is 0 Å². The molecule has 5 heteroatoms. The minimum absolute atomic E-state index is 0.432. The van der Waals surface area contributed by atoms with Crippen molar-refractivity contribution in [3.05, 3.63) is 29.3 Å². The van der Waals surface area contributed by atoms with Crippen LogP contribution in [0.25, 0.3) is 0 Å². The summed E-state index contributed by atoms with van der Waals surface area (Å²) in [7, 11) is 1.72. The van der Waals surface area contributed by atoms with Crippen molar-refractivity contribution in [3.63, 3.8) is 0 Å². The first-order valence-electron chi connectivity index (χ1n) is 6.72. The number of fused-ring (bicyclic) bond motifs is 2. The number of Topliss-reactive ketones (excluding diaryl/α,β-unsaturated/α-hetero) is 1. The molecule has 0 spiro atoms. The van der Waals surface area contributed by atoms with Gasteiger partial charge in [0.25, 0.3) is 5.91 Å². The summed E-state index contributed by atoms with van der Waals surface area (Å²) >= 11 is 0. The Balaban J connectivity index is 2.23. The predicted octanol–water partition coefficient (Wildman–Crippen LogP) is 0.723. The van der Waals surface area contributed by atoms with Gasteiger partial charge in [-0.15, -0.1) is 0 Å². The van der Waals surface area contributed by atoms with Crippen molar-refractivity contribution in [1.82, 2.24) is 5.32 Å². The number of nitrogens with one attached hydrogen (secondary N) is 2. The molecule has 5 nitrogen and oxygen atoms in total. The summed E-state index contributed by atoms with van der Waals surface area (Å²) in [4.78, 5) is 24.9. The first-order chi connectivity index (χ1) is 9.32. The van der Waals surface area contributed by atoms with Gasteiger partial charge in [-0.3, -0.25) is 9.59 Å². The van der Waals surface area contributed by atoms with Crippen molar-refractivity contribution in [3.8, 4) is 0 Å². The zero-order chi connectivity index (χ0) is 14.7. The van der Waals surface area contributed by atoms with Gasteiger partial charge in [-0.1, -0.05) is 12.1 Å². The average molecular weight is 274 g/mol. The summed E-state index contributed by atoms with van der Waals surface area (Å²) in [6, 6.07) is 5.53. The second-order valence-corrected chi connectivity index (χ2v) is 6.12. The van der Waals surface area contributed by atoms with Crippen molar-refractivity contribution in [2.24, 2.45) is 5.92 Å². The van der Waals surface area contributed by atoms with Crippen LogP contribution >= 0.6 is 0 Å². The number of carbonyl (C=O) groups excluding carboxylic acids is 2. The van der Waals surface area contributed by atoms with Crippen LogP contribution in [0.15, 0.2) is 18.2 Å². The predicted molar refractivity (Wildman–Crippen MR) is 74.7 cm³/mol. The third kappa shape index (κ3) is 1.41. The van der Waals surface area contributed by atoms with Crippen LogP contribution < -0.4 is 10.6 Å². The lowest BCUT2D eigenvalue weighted by Crippen LogP contribution is -2.54. The molecule has 1 fully saturated rings. The number of rotatable bonds is 1. The zero-order valence-corrected chi connectivity index (χ0v) is 11.8. The first kappa shape index (κ1) is 13.1. The van der Waals surface area contributed by atoms with Gasteiger partial charge in [0.1, 0.15) is 0 Å². The number of ketones is 1. The summed E-state index contributed by atoms with van der Waals surface area (Å²) < 4.78 is 0. The molecule has 0 radical (unpaired) electrons. The van der Waals surface area contributed by atoms with Gasteiger partial charge in [0, 0.05) is 29.8 Å². The molecule has 1 heterocycles. The topological polar surface area (TPSA) is 78.4 Å². The SMILES string of the molecule is CNc1cccc2c1C(=O)[C@]1(O)C(=O)NC(C)(C)[C@@H]1C2. The highest BCUT2D eigenvalue weighted by Crippen LogP contribution is 2.45. The number of hydrogen-bond donors (Lipinski definition) is 3. The maximum absolute atomic E-state index is 12.7. The van der Waals surface area contributed by atoms with Gasteiger partial charge in [0.2, 0.25) is 11.4 Å². The molecule has 1 aromatic rings. The summed E-state index contributed by atoms with van der Waals surface area (Å²) in [6.45, 7) is 3.68. The highest BCUT2D eigenvalue weighted by Gasteiger charge is 2.64. The van der Waals surface area contributed by atoms with E-state index in [-0.39, 0.29) is 0 Å². The van der Waals surface area contributed by atoms with E-state index in [0.29, 0.717) is 17.7 Å². The standard InChI is InChI=1S/C15H18N2O3/c1-14(2)10-7-8-5-4-6-9(16-3)11(8)12(18)15(10,20)13(19)17-14/h4-6,10,16,20H,7H2,1-3H3,(H,17,19)/t10-,15-/m0/s1. The molecule has 1 aliphatic heterocycles. The van der Waals surface area contributed by atoms with Gasteiger partial charge >= 0.3 is 0 Å². The van der Waals surface area contributed by atoms with Crippen LogP contribution in [0.5, 0.6) is 0 Å². The highest BCUT2D eigenvalue weighted by atomic mass is 16.3. The number of anilines is 1. The fourth-order valence-corrected chi connectivity index (χ4v) is 3.48. The Morgan fingerprint density at radius 2 is 2.05 bits per heavy atom.